The van der Waals surface area contributed by atoms with E-state index in [2.05, 4.69) is 22.1 Å². The molecule has 0 radical (unpaired) electrons. The summed E-state index contributed by atoms with van der Waals surface area (Å²) in [5.74, 6) is 6.57. The maximum atomic E-state index is 13.9. The van der Waals surface area contributed by atoms with E-state index >= 15 is 0 Å². The molecule has 2 N–H and O–H groups in total. The van der Waals surface area contributed by atoms with Crippen molar-refractivity contribution in [3.05, 3.63) is 59.2 Å². The van der Waals surface area contributed by atoms with Gasteiger partial charge in [0, 0.05) is 18.2 Å². The van der Waals surface area contributed by atoms with Crippen molar-refractivity contribution < 1.29 is 14.2 Å². The molecule has 1 aromatic heterocycles. The summed E-state index contributed by atoms with van der Waals surface area (Å²) in [6.07, 6.45) is 0. The highest BCUT2D eigenvalue weighted by Gasteiger charge is 2.13. The second kappa shape index (κ2) is 9.16. The Morgan fingerprint density at radius 3 is 2.48 bits per heavy atom. The first-order valence-corrected chi connectivity index (χ1v) is 8.19. The Kier molecular flexibility index (Phi) is 6.93. The van der Waals surface area contributed by atoms with Gasteiger partial charge in [-0.1, -0.05) is 19.8 Å². The highest BCUT2D eigenvalue weighted by atomic mass is 19.1. The van der Waals surface area contributed by atoms with E-state index in [0.717, 1.165) is 11.3 Å². The van der Waals surface area contributed by atoms with E-state index < -0.39 is 0 Å². The Hall–Kier alpha value is -2.42. The lowest BCUT2D eigenvalue weighted by Gasteiger charge is -2.19. The van der Waals surface area contributed by atoms with E-state index in [1.54, 1.807) is 13.2 Å². The molecule has 0 bridgehead atoms. The number of rotatable bonds is 6. The first-order valence-electron chi connectivity index (χ1n) is 8.19. The van der Waals surface area contributed by atoms with E-state index in [1.165, 1.54) is 6.07 Å². The molecule has 4 nitrogen and oxygen atoms in total. The monoisotopic (exact) mass is 342 g/mol. The summed E-state index contributed by atoms with van der Waals surface area (Å²) in [5.41, 5.74) is 1.62. The highest BCUT2D eigenvalue weighted by Crippen LogP contribution is 2.11. The van der Waals surface area contributed by atoms with Crippen LogP contribution in [0.2, 0.25) is 0 Å². The Bertz CT molecular complexity index is 749. The van der Waals surface area contributed by atoms with Gasteiger partial charge in [0.25, 0.3) is 0 Å². The third-order valence-electron chi connectivity index (χ3n) is 3.88. The second-order valence-corrected chi connectivity index (χ2v) is 6.02. The number of hydrogen-bond acceptors (Lipinski definition) is 4. The van der Waals surface area contributed by atoms with Crippen LogP contribution in [-0.2, 0) is 6.54 Å². The van der Waals surface area contributed by atoms with Crippen molar-refractivity contribution in [2.75, 3.05) is 13.7 Å². The summed E-state index contributed by atoms with van der Waals surface area (Å²) in [4.78, 5) is 4.27. The summed E-state index contributed by atoms with van der Waals surface area (Å²) in [6.45, 7) is 4.23. The Labute approximate surface area is 148 Å². The molecule has 1 heterocycles. The molecule has 0 aliphatic rings. The summed E-state index contributed by atoms with van der Waals surface area (Å²) in [7, 11) is 1.61. The average Bonchev–Trinajstić information content (AvgIpc) is 2.62. The Morgan fingerprint density at radius 2 is 1.88 bits per heavy atom. The number of nitrogens with one attached hydrogen (secondary N) is 1. The minimum absolute atomic E-state index is 0.00372. The molecule has 2 aromatic rings. The number of aromatic nitrogens is 1. The van der Waals surface area contributed by atoms with Crippen LogP contribution in [0.4, 0.5) is 4.39 Å². The van der Waals surface area contributed by atoms with Gasteiger partial charge >= 0.3 is 0 Å². The minimum atomic E-state index is -0.386. The normalized spacial score (nSPS) is 11.8. The van der Waals surface area contributed by atoms with Crippen molar-refractivity contribution in [1.29, 1.82) is 0 Å². The zero-order chi connectivity index (χ0) is 18.2. The Morgan fingerprint density at radius 1 is 1.16 bits per heavy atom. The van der Waals surface area contributed by atoms with Crippen molar-refractivity contribution in [1.82, 2.24) is 10.3 Å². The average molecular weight is 342 g/mol. The maximum Gasteiger partial charge on any atom is 0.146 e. The highest BCUT2D eigenvalue weighted by molar-refractivity contribution is 5.42. The van der Waals surface area contributed by atoms with Gasteiger partial charge < -0.3 is 15.2 Å². The van der Waals surface area contributed by atoms with Gasteiger partial charge in [0.05, 0.1) is 19.4 Å². The van der Waals surface area contributed by atoms with Gasteiger partial charge in [0.1, 0.15) is 17.3 Å². The molecule has 2 rings (SSSR count). The van der Waals surface area contributed by atoms with Crippen molar-refractivity contribution in [3.8, 4) is 17.6 Å². The maximum absolute atomic E-state index is 13.9. The molecule has 0 saturated carbocycles. The van der Waals surface area contributed by atoms with Crippen LogP contribution in [0.15, 0.2) is 36.4 Å². The van der Waals surface area contributed by atoms with E-state index in [0.29, 0.717) is 11.4 Å². The fourth-order valence-electron chi connectivity index (χ4n) is 2.23. The van der Waals surface area contributed by atoms with Crippen molar-refractivity contribution in [3.63, 3.8) is 0 Å². The van der Waals surface area contributed by atoms with Crippen LogP contribution < -0.4 is 10.1 Å². The number of aliphatic hydroxyl groups excluding tert-OH is 1. The van der Waals surface area contributed by atoms with Crippen LogP contribution in [0.5, 0.6) is 5.75 Å². The van der Waals surface area contributed by atoms with Gasteiger partial charge in [-0.3, -0.25) is 0 Å². The van der Waals surface area contributed by atoms with Crippen LogP contribution in [-0.4, -0.2) is 29.8 Å². The molecule has 0 aliphatic carbocycles. The number of ether oxygens (including phenoxy) is 1. The zero-order valence-electron chi connectivity index (χ0n) is 14.7. The largest absolute Gasteiger partial charge is 0.497 e. The van der Waals surface area contributed by atoms with Crippen LogP contribution >= 0.6 is 0 Å². The predicted molar refractivity (Wildman–Crippen MR) is 95.7 cm³/mol. The molecule has 1 atom stereocenters. The fraction of sp³-hybridized carbons (Fsp3) is 0.350. The summed E-state index contributed by atoms with van der Waals surface area (Å²) >= 11 is 0. The lowest BCUT2D eigenvalue weighted by Crippen LogP contribution is -2.37. The number of aliphatic hydroxyl groups is 1. The summed E-state index contributed by atoms with van der Waals surface area (Å²) in [6, 6.07) is 10.2. The van der Waals surface area contributed by atoms with Gasteiger partial charge in [-0.05, 0) is 48.2 Å². The van der Waals surface area contributed by atoms with Gasteiger partial charge in [-0.2, -0.15) is 0 Å². The molecule has 0 fully saturated rings. The molecule has 0 unspecified atom stereocenters. The molecule has 0 spiro atoms. The van der Waals surface area contributed by atoms with E-state index in [4.69, 9.17) is 4.74 Å². The summed E-state index contributed by atoms with van der Waals surface area (Å²) in [5, 5.41) is 12.5. The molecule has 25 heavy (non-hydrogen) atoms. The van der Waals surface area contributed by atoms with E-state index in [9.17, 15) is 9.50 Å². The molecule has 0 aliphatic heterocycles. The van der Waals surface area contributed by atoms with Gasteiger partial charge in [-0.25, -0.2) is 9.37 Å². The molecule has 0 amide bonds. The van der Waals surface area contributed by atoms with Crippen LogP contribution in [0, 0.1) is 23.6 Å². The van der Waals surface area contributed by atoms with E-state index in [1.807, 2.05) is 38.1 Å². The molecule has 5 heteroatoms. The first kappa shape index (κ1) is 18.9. The molecular weight excluding hydrogens is 319 g/mol. The number of hydrogen-bond donors (Lipinski definition) is 2. The number of halogens is 1. The van der Waals surface area contributed by atoms with Crippen molar-refractivity contribution >= 4 is 0 Å². The first-order chi connectivity index (χ1) is 12.0. The Balaban J connectivity index is 2.11. The predicted octanol–water partition coefficient (Wildman–Crippen LogP) is 2.74. The quantitative estimate of drug-likeness (QED) is 0.793. The number of methoxy groups -OCH3 is 1. The third-order valence-corrected chi connectivity index (χ3v) is 3.88. The standard InChI is InChI=1S/C20H23FN2O2/c1-14(2)20(13-24)22-12-19-18(21)11-8-16(23-19)7-4-15-5-9-17(25-3)10-6-15/h5-6,8-11,14,20,22,24H,12-13H2,1-3H3/t20-/m0/s1. The lowest BCUT2D eigenvalue weighted by atomic mass is 10.1. The lowest BCUT2D eigenvalue weighted by molar-refractivity contribution is 0.209. The number of nitrogens with zero attached hydrogens (tertiary/aromatic N) is 1. The topological polar surface area (TPSA) is 54.4 Å². The van der Waals surface area contributed by atoms with E-state index in [-0.39, 0.29) is 30.9 Å². The minimum Gasteiger partial charge on any atom is -0.497 e. The number of benzene rings is 1. The summed E-state index contributed by atoms with van der Waals surface area (Å²) < 4.78 is 19.1. The molecule has 132 valence electrons. The third kappa shape index (κ3) is 5.56. The number of pyridine rings is 1. The fourth-order valence-corrected chi connectivity index (χ4v) is 2.23. The van der Waals surface area contributed by atoms with Crippen molar-refractivity contribution in [2.24, 2.45) is 5.92 Å². The molecule has 0 saturated heterocycles. The second-order valence-electron chi connectivity index (χ2n) is 6.02. The van der Waals surface area contributed by atoms with Crippen LogP contribution in [0.3, 0.4) is 0 Å². The van der Waals surface area contributed by atoms with Gasteiger partial charge in [0.15, 0.2) is 0 Å². The smallest absolute Gasteiger partial charge is 0.146 e. The SMILES string of the molecule is COc1ccc(C#Cc2ccc(F)c(CN[C@@H](CO)C(C)C)n2)cc1. The molecular formula is C20H23FN2O2. The molecule has 1 aromatic carbocycles. The van der Waals surface area contributed by atoms with Gasteiger partial charge in [0.2, 0.25) is 0 Å². The van der Waals surface area contributed by atoms with Crippen LogP contribution in [0.1, 0.15) is 30.8 Å². The van der Waals surface area contributed by atoms with Crippen LogP contribution in [0.25, 0.3) is 0 Å². The van der Waals surface area contributed by atoms with Gasteiger partial charge in [-0.15, -0.1) is 0 Å². The zero-order valence-corrected chi connectivity index (χ0v) is 14.7. The van der Waals surface area contributed by atoms with Crippen molar-refractivity contribution in [2.45, 2.75) is 26.4 Å².